The summed E-state index contributed by atoms with van der Waals surface area (Å²) in [6.07, 6.45) is -0.510. The van der Waals surface area contributed by atoms with Crippen molar-refractivity contribution in [2.24, 2.45) is 5.92 Å². The molecule has 6 N–H and O–H groups in total. The Bertz CT molecular complexity index is 1340. The van der Waals surface area contributed by atoms with E-state index in [-0.39, 0.29) is 24.9 Å². The maximum absolute atomic E-state index is 13.1. The highest BCUT2D eigenvalue weighted by Crippen LogP contribution is 2.22. The Morgan fingerprint density at radius 2 is 1.54 bits per heavy atom. The molecule has 46 heavy (non-hydrogen) atoms. The van der Waals surface area contributed by atoms with Crippen LogP contribution in [0.5, 0.6) is 5.75 Å². The van der Waals surface area contributed by atoms with Crippen molar-refractivity contribution in [3.63, 3.8) is 0 Å². The summed E-state index contributed by atoms with van der Waals surface area (Å²) in [5.74, 6) is 0.280. The number of nitrogens with two attached hydrogens (primary N) is 1. The lowest BCUT2D eigenvalue weighted by Crippen LogP contribution is -2.55. The van der Waals surface area contributed by atoms with Crippen LogP contribution < -0.4 is 25.9 Å². The highest BCUT2D eigenvalue weighted by Gasteiger charge is 2.28. The summed E-state index contributed by atoms with van der Waals surface area (Å²) in [4.78, 5) is 26.1. The van der Waals surface area contributed by atoms with Crippen LogP contribution >= 0.6 is 12.2 Å². The summed E-state index contributed by atoms with van der Waals surface area (Å²) in [5.41, 5.74) is 8.02. The number of nitrogens with zero attached hydrogens (tertiary/aromatic N) is 2. The van der Waals surface area contributed by atoms with Gasteiger partial charge in [0.25, 0.3) is 0 Å². The largest absolute Gasteiger partial charge is 0.409 e. The van der Waals surface area contributed by atoms with Gasteiger partial charge < -0.3 is 25.7 Å². The van der Waals surface area contributed by atoms with Crippen LogP contribution in [-0.2, 0) is 21.5 Å². The summed E-state index contributed by atoms with van der Waals surface area (Å²) >= 11 is 1.14. The zero-order valence-electron chi connectivity index (χ0n) is 27.8. The van der Waals surface area contributed by atoms with Crippen molar-refractivity contribution in [1.82, 2.24) is 25.4 Å². The van der Waals surface area contributed by atoms with Crippen molar-refractivity contribution in [2.45, 2.75) is 64.8 Å². The fraction of sp³-hybridized carbons (Fsp3) is 0.429. The second-order valence-electron chi connectivity index (χ2n) is 12.5. The molecule has 0 aliphatic rings. The van der Waals surface area contributed by atoms with Crippen LogP contribution in [0.2, 0.25) is 0 Å². The second-order valence-corrected chi connectivity index (χ2v) is 13.3. The number of nitrogens with one attached hydrogen (secondary N) is 3. The van der Waals surface area contributed by atoms with Gasteiger partial charge in [0.2, 0.25) is 11.8 Å². The van der Waals surface area contributed by atoms with Gasteiger partial charge in [-0.25, -0.2) is 5.01 Å². The number of nitrogen functional groups attached to an aromatic ring is 1. The van der Waals surface area contributed by atoms with Crippen molar-refractivity contribution in [3.05, 3.63) is 96.1 Å². The van der Waals surface area contributed by atoms with Crippen molar-refractivity contribution in [3.8, 4) is 5.75 Å². The van der Waals surface area contributed by atoms with E-state index in [1.165, 1.54) is 0 Å². The molecule has 0 saturated heterocycles. The highest BCUT2D eigenvalue weighted by molar-refractivity contribution is 7.92. The molecule has 0 spiro atoms. The predicted octanol–water partition coefficient (Wildman–Crippen LogP) is 4.13. The van der Waals surface area contributed by atoms with Gasteiger partial charge in [-0.2, -0.15) is 4.41 Å². The summed E-state index contributed by atoms with van der Waals surface area (Å²) in [7, 11) is 1.87. The molecular weight excluding hydrogens is 600 g/mol. The summed E-state index contributed by atoms with van der Waals surface area (Å²) in [6.45, 7) is 10.7. The van der Waals surface area contributed by atoms with E-state index in [0.717, 1.165) is 23.4 Å². The molecule has 0 aromatic heterocycles. The maximum Gasteiger partial charge on any atom is 0.239 e. The van der Waals surface area contributed by atoms with Gasteiger partial charge in [0, 0.05) is 31.4 Å². The Hall–Kier alpha value is -3.61. The first-order valence-electron chi connectivity index (χ1n) is 15.6. The number of aliphatic hydroxyl groups is 1. The summed E-state index contributed by atoms with van der Waals surface area (Å²) in [5, 5.41) is 22.6. The third-order valence-electron chi connectivity index (χ3n) is 7.49. The van der Waals surface area contributed by atoms with Crippen LogP contribution in [0.1, 0.15) is 45.7 Å². The van der Waals surface area contributed by atoms with Crippen molar-refractivity contribution in [1.29, 1.82) is 0 Å². The molecule has 0 heterocycles. The Morgan fingerprint density at radius 3 is 2.15 bits per heavy atom. The lowest BCUT2D eigenvalue weighted by atomic mass is 9.93. The number of aliphatic hydroxyl groups excluding tert-OH is 1. The summed E-state index contributed by atoms with van der Waals surface area (Å²) < 4.78 is 7.70. The number of hydrogen-bond donors (Lipinski definition) is 5. The summed E-state index contributed by atoms with van der Waals surface area (Å²) in [6, 6.07) is 25.6. The lowest BCUT2D eigenvalue weighted by Gasteiger charge is -2.35. The van der Waals surface area contributed by atoms with E-state index in [0.29, 0.717) is 30.3 Å². The zero-order chi connectivity index (χ0) is 33.7. The van der Waals surface area contributed by atoms with E-state index in [1.807, 2.05) is 91.0 Å². The van der Waals surface area contributed by atoms with Crippen molar-refractivity contribution >= 4 is 29.7 Å². The van der Waals surface area contributed by atoms with Crippen LogP contribution in [-0.4, -0.2) is 71.2 Å². The molecule has 3 rings (SSSR count). The Labute approximate surface area is 278 Å². The van der Waals surface area contributed by atoms with Gasteiger partial charge in [0.15, 0.2) is 12.2 Å². The van der Waals surface area contributed by atoms with Crippen LogP contribution in [0.25, 0.3) is 0 Å². The molecule has 0 radical (unpaired) electrons. The van der Waals surface area contributed by atoms with E-state index >= 15 is 0 Å². The quantitative estimate of drug-likeness (QED) is 0.0597. The molecule has 250 valence electrons. The number of rotatable bonds is 18. The SMILES string of the molecule is CC(C)CN(CC(O)C(Cc1ccccc1)NC(=O)CNC(=O)[C@@H](C)NC(C)(C)c1ccccc1)N(C)SOc1ccc(N)cc1. The number of carbonyl (C=O) groups is 2. The minimum Gasteiger partial charge on any atom is -0.409 e. The predicted molar refractivity (Wildman–Crippen MR) is 186 cm³/mol. The molecular formula is C35H50N6O4S. The first kappa shape index (κ1) is 36.9. The van der Waals surface area contributed by atoms with Gasteiger partial charge in [0.05, 0.1) is 24.7 Å². The number of amides is 2. The molecule has 2 unspecified atom stereocenters. The van der Waals surface area contributed by atoms with E-state index in [2.05, 4.69) is 29.8 Å². The van der Waals surface area contributed by atoms with Crippen LogP contribution in [0.4, 0.5) is 5.69 Å². The number of carbonyl (C=O) groups excluding carboxylic acids is 2. The minimum atomic E-state index is -0.926. The van der Waals surface area contributed by atoms with E-state index in [9.17, 15) is 14.7 Å². The molecule has 10 nitrogen and oxygen atoms in total. The average molecular weight is 651 g/mol. The lowest BCUT2D eigenvalue weighted by molar-refractivity contribution is -0.128. The van der Waals surface area contributed by atoms with Gasteiger partial charge in [-0.05, 0) is 68.5 Å². The minimum absolute atomic E-state index is 0.213. The molecule has 0 aliphatic heterocycles. The van der Waals surface area contributed by atoms with Gasteiger partial charge in [0.1, 0.15) is 5.75 Å². The maximum atomic E-state index is 13.1. The molecule has 0 aliphatic carbocycles. The van der Waals surface area contributed by atoms with Gasteiger partial charge in [-0.15, -0.1) is 0 Å². The first-order valence-corrected chi connectivity index (χ1v) is 16.3. The number of hydrogen-bond acceptors (Lipinski definition) is 9. The topological polar surface area (TPSA) is 132 Å². The van der Waals surface area contributed by atoms with Crippen molar-refractivity contribution in [2.75, 3.05) is 32.4 Å². The number of benzene rings is 3. The fourth-order valence-electron chi connectivity index (χ4n) is 5.01. The Kier molecular flexibility index (Phi) is 14.4. The standard InChI is InChI=1S/C35H50N6O4S/c1-25(2)23-41(40(6)46-45-30-19-17-29(36)18-20-30)24-32(42)31(21-27-13-9-7-10-14-27)38-33(43)22-37-34(44)26(3)39-35(4,5)28-15-11-8-12-16-28/h7-20,25-26,31-32,39,42H,21-24,36H2,1-6H3,(H,37,44)(H,38,43)/t26-,31?,32?/m1/s1. The monoisotopic (exact) mass is 650 g/mol. The molecule has 0 saturated carbocycles. The molecule has 0 bridgehead atoms. The second kappa shape index (κ2) is 17.9. The van der Waals surface area contributed by atoms with Crippen LogP contribution in [0.3, 0.4) is 0 Å². The van der Waals surface area contributed by atoms with E-state index < -0.39 is 23.7 Å². The molecule has 0 fully saturated rings. The highest BCUT2D eigenvalue weighted by atomic mass is 32.2. The van der Waals surface area contributed by atoms with E-state index in [4.69, 9.17) is 9.92 Å². The third kappa shape index (κ3) is 12.3. The molecule has 3 aromatic carbocycles. The number of anilines is 1. The third-order valence-corrected chi connectivity index (χ3v) is 8.21. The average Bonchev–Trinajstić information content (AvgIpc) is 3.03. The molecule has 2 amide bonds. The fourth-order valence-corrected chi connectivity index (χ4v) is 5.54. The first-order chi connectivity index (χ1) is 21.8. The Balaban J connectivity index is 1.63. The molecule has 3 aromatic rings. The number of hydrazine groups is 1. The normalized spacial score (nSPS) is 13.8. The van der Waals surface area contributed by atoms with Crippen LogP contribution in [0.15, 0.2) is 84.9 Å². The smallest absolute Gasteiger partial charge is 0.239 e. The Morgan fingerprint density at radius 1 is 0.935 bits per heavy atom. The van der Waals surface area contributed by atoms with Gasteiger partial charge in [-0.3, -0.25) is 14.9 Å². The zero-order valence-corrected chi connectivity index (χ0v) is 28.6. The molecule has 3 atom stereocenters. The van der Waals surface area contributed by atoms with Gasteiger partial charge in [-0.1, -0.05) is 74.5 Å². The van der Waals surface area contributed by atoms with Gasteiger partial charge >= 0.3 is 0 Å². The van der Waals surface area contributed by atoms with Crippen molar-refractivity contribution < 1.29 is 18.9 Å². The van der Waals surface area contributed by atoms with Crippen LogP contribution in [0, 0.1) is 5.92 Å². The molecule has 11 heteroatoms. The van der Waals surface area contributed by atoms with E-state index in [1.54, 1.807) is 31.2 Å².